The van der Waals surface area contributed by atoms with Crippen LogP contribution in [0.1, 0.15) is 49.7 Å². The first kappa shape index (κ1) is 24.7. The van der Waals surface area contributed by atoms with E-state index in [-0.39, 0.29) is 29.8 Å². The average molecular weight is 499 g/mol. The molecule has 0 unspecified atom stereocenters. The van der Waals surface area contributed by atoms with E-state index in [9.17, 15) is 18.0 Å². The van der Waals surface area contributed by atoms with E-state index in [0.29, 0.717) is 24.2 Å². The molecule has 3 aromatic heterocycles. The number of alkyl carbamates (subject to hydrolysis) is 1. The van der Waals surface area contributed by atoms with Crippen LogP contribution < -0.4 is 10.6 Å². The van der Waals surface area contributed by atoms with Crippen molar-refractivity contribution >= 4 is 23.2 Å². The summed E-state index contributed by atoms with van der Waals surface area (Å²) in [5, 5.41) is 16.2. The number of H-pyrrole nitrogens is 1. The maximum Gasteiger partial charge on any atom is 0.434 e. The molecule has 1 aliphatic rings. The molecule has 3 aromatic rings. The van der Waals surface area contributed by atoms with E-state index in [1.165, 1.54) is 13.2 Å². The zero-order valence-electron chi connectivity index (χ0n) is 19.2. The number of hydrogen-bond acceptors (Lipinski definition) is 7. The molecule has 4 rings (SSSR count). The molecule has 1 amide bonds. The summed E-state index contributed by atoms with van der Waals surface area (Å²) in [5.41, 5.74) is -0.0248. The van der Waals surface area contributed by atoms with E-state index in [4.69, 9.17) is 9.47 Å². The van der Waals surface area contributed by atoms with Crippen LogP contribution in [0.5, 0.6) is 0 Å². The molecule has 3 N–H and O–H groups in total. The number of anilines is 2. The lowest BCUT2D eigenvalue weighted by Gasteiger charge is -2.18. The van der Waals surface area contributed by atoms with Gasteiger partial charge in [0.1, 0.15) is 17.8 Å². The minimum atomic E-state index is -4.70. The first-order chi connectivity index (χ1) is 16.5. The molecule has 1 saturated carbocycles. The molecule has 1 aliphatic carbocycles. The minimum absolute atomic E-state index is 0.104. The normalized spacial score (nSPS) is 20.5. The highest BCUT2D eigenvalue weighted by atomic mass is 19.4. The van der Waals surface area contributed by atoms with Gasteiger partial charge < -0.3 is 20.1 Å². The first-order valence-electron chi connectivity index (χ1n) is 10.9. The molecule has 0 aliphatic heterocycles. The second-order valence-electron chi connectivity index (χ2n) is 8.58. The summed E-state index contributed by atoms with van der Waals surface area (Å²) >= 11 is 0. The van der Waals surface area contributed by atoms with E-state index in [1.807, 2.05) is 0 Å². The molecule has 14 heteroatoms. The Hall–Kier alpha value is -3.42. The number of hydrogen-bond donors (Lipinski definition) is 3. The summed E-state index contributed by atoms with van der Waals surface area (Å²) in [6, 6.07) is 2.90. The van der Waals surface area contributed by atoms with Crippen LogP contribution in [0.3, 0.4) is 0 Å². The summed E-state index contributed by atoms with van der Waals surface area (Å²) in [6.45, 7) is 3.63. The number of halogens is 4. The lowest BCUT2D eigenvalue weighted by Crippen LogP contribution is -2.36. The Balaban J connectivity index is 1.54. The molecular weight excluding hydrogens is 474 g/mol. The van der Waals surface area contributed by atoms with Gasteiger partial charge in [-0.25, -0.2) is 18.7 Å². The Morgan fingerprint density at radius 2 is 2.09 bits per heavy atom. The van der Waals surface area contributed by atoms with E-state index < -0.39 is 36.2 Å². The number of ether oxygens (including phenoxy) is 2. The number of nitrogens with one attached hydrogen (secondary N) is 3. The standard InChI is InChI=1S/C21H25F4N7O3/c1-10(2)26-20(33)35-15-5-4-12(18(15)22)13-7-17(30-29-13)28-19-14-6-11(9-34-3)31-32(14)8-16(27-19)21(23,24)25/h6-8,10,12,15,18H,4-5,9H2,1-3H3,(H,26,33)(H2,27,28,29,30)/t12-,15-,18-/m0/s1. The first-order valence-corrected chi connectivity index (χ1v) is 10.9. The van der Waals surface area contributed by atoms with Gasteiger partial charge in [0.05, 0.1) is 18.5 Å². The maximum absolute atomic E-state index is 15.0. The number of carbonyl (C=O) groups is 1. The summed E-state index contributed by atoms with van der Waals surface area (Å²) in [5.74, 6) is -0.590. The average Bonchev–Trinajstić information content (AvgIpc) is 3.46. The second-order valence-corrected chi connectivity index (χ2v) is 8.58. The molecule has 1 fully saturated rings. The number of fused-ring (bicyclic) bond motifs is 1. The SMILES string of the molecule is COCc1cc2c(Nc3cc([C@@H]4CC[C@H](OC(=O)NC(C)C)[C@H]4F)[nH]n3)nc(C(F)(F)F)cn2n1. The number of nitrogens with zero attached hydrogens (tertiary/aromatic N) is 4. The van der Waals surface area contributed by atoms with E-state index >= 15 is 4.39 Å². The number of aromatic amines is 1. The third kappa shape index (κ3) is 5.47. The molecule has 0 spiro atoms. The quantitative estimate of drug-likeness (QED) is 0.419. The van der Waals surface area contributed by atoms with Crippen molar-refractivity contribution in [2.24, 2.45) is 0 Å². The number of rotatable bonds is 7. The van der Waals surface area contributed by atoms with Crippen molar-refractivity contribution in [3.8, 4) is 0 Å². The van der Waals surface area contributed by atoms with Gasteiger partial charge in [0.25, 0.3) is 0 Å². The van der Waals surface area contributed by atoms with Crippen LogP contribution in [-0.2, 0) is 22.3 Å². The van der Waals surface area contributed by atoms with Crippen LogP contribution in [0, 0.1) is 0 Å². The monoisotopic (exact) mass is 499 g/mol. The fraction of sp³-hybridized carbons (Fsp3) is 0.524. The lowest BCUT2D eigenvalue weighted by molar-refractivity contribution is -0.141. The number of methoxy groups -OCH3 is 1. The van der Waals surface area contributed by atoms with Gasteiger partial charge in [0.2, 0.25) is 0 Å². The van der Waals surface area contributed by atoms with Gasteiger partial charge in [-0.05, 0) is 32.8 Å². The van der Waals surface area contributed by atoms with Gasteiger partial charge in [0.15, 0.2) is 17.3 Å². The van der Waals surface area contributed by atoms with Gasteiger partial charge in [-0.3, -0.25) is 5.10 Å². The lowest BCUT2D eigenvalue weighted by atomic mass is 10.0. The molecule has 10 nitrogen and oxygen atoms in total. The Morgan fingerprint density at radius 1 is 1.31 bits per heavy atom. The number of alkyl halides is 4. The Morgan fingerprint density at radius 3 is 2.77 bits per heavy atom. The third-order valence-electron chi connectivity index (χ3n) is 5.50. The van der Waals surface area contributed by atoms with Gasteiger partial charge in [0, 0.05) is 30.8 Å². The van der Waals surface area contributed by atoms with Crippen molar-refractivity contribution in [2.45, 2.75) is 63.7 Å². The van der Waals surface area contributed by atoms with Crippen LogP contribution in [-0.4, -0.2) is 56.3 Å². The Kier molecular flexibility index (Phi) is 6.83. The smallest absolute Gasteiger partial charge is 0.434 e. The minimum Gasteiger partial charge on any atom is -0.443 e. The largest absolute Gasteiger partial charge is 0.443 e. The molecule has 190 valence electrons. The van der Waals surface area contributed by atoms with Crippen molar-refractivity contribution < 1.29 is 31.8 Å². The number of carbonyl (C=O) groups excluding carboxylic acids is 1. The summed E-state index contributed by atoms with van der Waals surface area (Å²) in [6.07, 6.45) is -6.24. The van der Waals surface area contributed by atoms with Crippen molar-refractivity contribution in [1.82, 2.24) is 30.1 Å². The second kappa shape index (κ2) is 9.68. The zero-order valence-corrected chi connectivity index (χ0v) is 19.2. The van der Waals surface area contributed by atoms with Crippen LogP contribution in [0.15, 0.2) is 18.3 Å². The summed E-state index contributed by atoms with van der Waals surface area (Å²) in [7, 11) is 1.45. The molecule has 0 bridgehead atoms. The van der Waals surface area contributed by atoms with Gasteiger partial charge >= 0.3 is 12.3 Å². The third-order valence-corrected chi connectivity index (χ3v) is 5.50. The van der Waals surface area contributed by atoms with Crippen LogP contribution in [0.4, 0.5) is 34.0 Å². The summed E-state index contributed by atoms with van der Waals surface area (Å²) < 4.78 is 66.4. The fourth-order valence-electron chi connectivity index (χ4n) is 3.98. The predicted octanol–water partition coefficient (Wildman–Crippen LogP) is 4.08. The fourth-order valence-corrected chi connectivity index (χ4v) is 3.98. The molecule has 35 heavy (non-hydrogen) atoms. The Bertz CT molecular complexity index is 1190. The predicted molar refractivity (Wildman–Crippen MR) is 116 cm³/mol. The molecule has 3 atom stereocenters. The highest BCUT2D eigenvalue weighted by Gasteiger charge is 2.41. The van der Waals surface area contributed by atoms with E-state index in [1.54, 1.807) is 19.9 Å². The maximum atomic E-state index is 15.0. The van der Waals surface area contributed by atoms with Crippen molar-refractivity contribution in [3.05, 3.63) is 35.4 Å². The van der Waals surface area contributed by atoms with Gasteiger partial charge in [-0.1, -0.05) is 0 Å². The van der Waals surface area contributed by atoms with E-state index in [0.717, 1.165) is 10.7 Å². The van der Waals surface area contributed by atoms with Gasteiger partial charge in [-0.15, -0.1) is 0 Å². The molecule has 0 aromatic carbocycles. The van der Waals surface area contributed by atoms with Crippen LogP contribution in [0.2, 0.25) is 0 Å². The van der Waals surface area contributed by atoms with Gasteiger partial charge in [-0.2, -0.15) is 23.4 Å². The van der Waals surface area contributed by atoms with Crippen LogP contribution in [0.25, 0.3) is 5.52 Å². The highest BCUT2D eigenvalue weighted by Crippen LogP contribution is 2.39. The van der Waals surface area contributed by atoms with E-state index in [2.05, 4.69) is 30.9 Å². The topological polar surface area (TPSA) is 118 Å². The molecule has 3 heterocycles. The number of amides is 1. The zero-order chi connectivity index (χ0) is 25.3. The number of aromatic nitrogens is 5. The van der Waals surface area contributed by atoms with Crippen LogP contribution >= 0.6 is 0 Å². The van der Waals surface area contributed by atoms with Crippen molar-refractivity contribution in [3.63, 3.8) is 0 Å². The molecule has 0 saturated heterocycles. The molecule has 0 radical (unpaired) electrons. The summed E-state index contributed by atoms with van der Waals surface area (Å²) in [4.78, 5) is 15.5. The van der Waals surface area contributed by atoms with Crippen molar-refractivity contribution in [1.29, 1.82) is 0 Å². The van der Waals surface area contributed by atoms with Crippen molar-refractivity contribution in [2.75, 3.05) is 12.4 Å². The Labute approximate surface area is 197 Å². The highest BCUT2D eigenvalue weighted by molar-refractivity contribution is 5.72. The molecular formula is C21H25F4N7O3.